The van der Waals surface area contributed by atoms with Crippen molar-refractivity contribution in [2.45, 2.75) is 4.90 Å². The minimum absolute atomic E-state index is 0.782. The minimum atomic E-state index is 0.782. The van der Waals surface area contributed by atoms with Gasteiger partial charge in [-0.3, -0.25) is 4.99 Å². The Morgan fingerprint density at radius 3 is 2.27 bits per heavy atom. The van der Waals surface area contributed by atoms with Crippen LogP contribution in [0, 0.1) is 0 Å². The second kappa shape index (κ2) is 4.71. The van der Waals surface area contributed by atoms with Crippen molar-refractivity contribution in [2.75, 3.05) is 0 Å². The molecule has 2 aromatic rings. The summed E-state index contributed by atoms with van der Waals surface area (Å²) in [5.41, 5.74) is 1.92. The van der Waals surface area contributed by atoms with Crippen LogP contribution in [-0.2, 0) is 12.6 Å². The lowest BCUT2D eigenvalue weighted by Gasteiger charge is -2.07. The SMILES string of the molecule is [S-]c1ccccc1N=Cc1ccccc1. The van der Waals surface area contributed by atoms with Gasteiger partial charge in [0.15, 0.2) is 0 Å². The third-order valence-corrected chi connectivity index (χ3v) is 2.36. The van der Waals surface area contributed by atoms with Crippen LogP contribution in [0.5, 0.6) is 0 Å². The summed E-state index contributed by atoms with van der Waals surface area (Å²) in [4.78, 5) is 5.13. The molecule has 0 N–H and O–H groups in total. The molecule has 15 heavy (non-hydrogen) atoms. The maximum atomic E-state index is 5.15. The maximum absolute atomic E-state index is 5.15. The molecule has 2 heteroatoms. The maximum Gasteiger partial charge on any atom is 0.0438 e. The summed E-state index contributed by atoms with van der Waals surface area (Å²) < 4.78 is 0. The summed E-state index contributed by atoms with van der Waals surface area (Å²) in [6.45, 7) is 0. The van der Waals surface area contributed by atoms with E-state index in [0.29, 0.717) is 0 Å². The summed E-state index contributed by atoms with van der Waals surface area (Å²) in [5, 5.41) is 0. The Morgan fingerprint density at radius 2 is 1.53 bits per heavy atom. The molecule has 74 valence electrons. The quantitative estimate of drug-likeness (QED) is 0.549. The van der Waals surface area contributed by atoms with Crippen LogP contribution >= 0.6 is 0 Å². The lowest BCUT2D eigenvalue weighted by molar-refractivity contribution is 1.39. The molecule has 0 spiro atoms. The van der Waals surface area contributed by atoms with E-state index in [9.17, 15) is 0 Å². The van der Waals surface area contributed by atoms with E-state index in [1.165, 1.54) is 0 Å². The normalized spacial score (nSPS) is 10.7. The molecule has 0 fully saturated rings. The highest BCUT2D eigenvalue weighted by Crippen LogP contribution is 2.17. The number of aliphatic imine (C=N–C) groups is 1. The van der Waals surface area contributed by atoms with Gasteiger partial charge in [0, 0.05) is 11.9 Å². The van der Waals surface area contributed by atoms with E-state index in [1.807, 2.05) is 60.8 Å². The smallest absolute Gasteiger partial charge is 0.0438 e. The molecule has 0 amide bonds. The number of benzene rings is 2. The Balaban J connectivity index is 2.23. The number of hydrogen-bond donors (Lipinski definition) is 0. The topological polar surface area (TPSA) is 12.4 Å². The van der Waals surface area contributed by atoms with E-state index in [4.69, 9.17) is 12.6 Å². The molecule has 0 bridgehead atoms. The average molecular weight is 212 g/mol. The molecule has 2 rings (SSSR count). The van der Waals surface area contributed by atoms with Crippen molar-refractivity contribution in [3.63, 3.8) is 0 Å². The van der Waals surface area contributed by atoms with E-state index in [0.717, 1.165) is 16.1 Å². The average Bonchev–Trinajstić information content (AvgIpc) is 2.29. The van der Waals surface area contributed by atoms with E-state index in [1.54, 1.807) is 0 Å². The van der Waals surface area contributed by atoms with E-state index < -0.39 is 0 Å². The van der Waals surface area contributed by atoms with E-state index in [2.05, 4.69) is 4.99 Å². The van der Waals surface area contributed by atoms with Crippen LogP contribution in [0.4, 0.5) is 5.69 Å². The van der Waals surface area contributed by atoms with E-state index >= 15 is 0 Å². The van der Waals surface area contributed by atoms with Crippen LogP contribution in [-0.4, -0.2) is 6.21 Å². The zero-order chi connectivity index (χ0) is 10.5. The van der Waals surface area contributed by atoms with Crippen molar-refractivity contribution in [2.24, 2.45) is 4.99 Å². The van der Waals surface area contributed by atoms with Gasteiger partial charge in [0.05, 0.1) is 0 Å². The molecular formula is C13H10NS-. The monoisotopic (exact) mass is 212 g/mol. The zero-order valence-corrected chi connectivity index (χ0v) is 8.95. The molecule has 1 nitrogen and oxygen atoms in total. The summed E-state index contributed by atoms with van der Waals surface area (Å²) in [7, 11) is 0. The number of para-hydroxylation sites is 1. The first-order chi connectivity index (χ1) is 7.36. The zero-order valence-electron chi connectivity index (χ0n) is 8.13. The summed E-state index contributed by atoms with van der Waals surface area (Å²) >= 11 is 5.15. The predicted octanol–water partition coefficient (Wildman–Crippen LogP) is 3.34. The fourth-order valence-corrected chi connectivity index (χ4v) is 1.45. The van der Waals surface area contributed by atoms with Crippen LogP contribution in [0.3, 0.4) is 0 Å². The third-order valence-electron chi connectivity index (χ3n) is 2.02. The van der Waals surface area contributed by atoms with Crippen LogP contribution < -0.4 is 0 Å². The van der Waals surface area contributed by atoms with Crippen LogP contribution in [0.25, 0.3) is 0 Å². The van der Waals surface area contributed by atoms with Gasteiger partial charge >= 0.3 is 0 Å². The van der Waals surface area contributed by atoms with Gasteiger partial charge in [0.1, 0.15) is 0 Å². The van der Waals surface area contributed by atoms with Crippen molar-refractivity contribution in [1.82, 2.24) is 0 Å². The first-order valence-electron chi connectivity index (χ1n) is 4.71. The first kappa shape index (κ1) is 9.87. The fraction of sp³-hybridized carbons (Fsp3) is 0. The van der Waals surface area contributed by atoms with Crippen molar-refractivity contribution in [3.8, 4) is 0 Å². The Morgan fingerprint density at radius 1 is 0.867 bits per heavy atom. The molecule has 0 aromatic heterocycles. The van der Waals surface area contributed by atoms with Crippen LogP contribution in [0.1, 0.15) is 5.56 Å². The highest BCUT2D eigenvalue weighted by atomic mass is 32.1. The first-order valence-corrected chi connectivity index (χ1v) is 5.12. The van der Waals surface area contributed by atoms with Gasteiger partial charge in [-0.1, -0.05) is 48.5 Å². The van der Waals surface area contributed by atoms with Crippen LogP contribution in [0.15, 0.2) is 64.5 Å². The van der Waals surface area contributed by atoms with Crippen molar-refractivity contribution in [3.05, 3.63) is 60.2 Å². The largest absolute Gasteiger partial charge is 0.778 e. The Labute approximate surface area is 94.9 Å². The lowest BCUT2D eigenvalue weighted by Crippen LogP contribution is -1.79. The molecule has 0 aliphatic rings. The van der Waals surface area contributed by atoms with Gasteiger partial charge in [-0.25, -0.2) is 0 Å². The highest BCUT2D eigenvalue weighted by molar-refractivity contribution is 7.59. The molecule has 0 aliphatic heterocycles. The number of hydrogen-bond acceptors (Lipinski definition) is 2. The molecule has 2 aromatic carbocycles. The van der Waals surface area contributed by atoms with Crippen LogP contribution in [0.2, 0.25) is 0 Å². The second-order valence-corrected chi connectivity index (χ2v) is 3.58. The van der Waals surface area contributed by atoms with Crippen molar-refractivity contribution >= 4 is 24.5 Å². The minimum Gasteiger partial charge on any atom is -0.778 e. The fourth-order valence-electron chi connectivity index (χ4n) is 1.25. The van der Waals surface area contributed by atoms with Gasteiger partial charge in [-0.05, 0) is 11.6 Å². The van der Waals surface area contributed by atoms with Gasteiger partial charge in [0.25, 0.3) is 0 Å². The van der Waals surface area contributed by atoms with Crippen molar-refractivity contribution in [1.29, 1.82) is 0 Å². The summed E-state index contributed by atoms with van der Waals surface area (Å²) in [5.74, 6) is 0. The molecule has 0 saturated heterocycles. The predicted molar refractivity (Wildman–Crippen MR) is 65.8 cm³/mol. The summed E-state index contributed by atoms with van der Waals surface area (Å²) in [6, 6.07) is 17.6. The highest BCUT2D eigenvalue weighted by Gasteiger charge is 1.87. The standard InChI is InChI=1S/C13H11NS/c15-13-9-5-4-8-12(13)14-10-11-6-2-1-3-7-11/h1-10,15H/p-1. The van der Waals surface area contributed by atoms with Gasteiger partial charge in [0.2, 0.25) is 0 Å². The van der Waals surface area contributed by atoms with Crippen molar-refractivity contribution < 1.29 is 0 Å². The third kappa shape index (κ3) is 2.64. The van der Waals surface area contributed by atoms with Gasteiger partial charge < -0.3 is 12.6 Å². The number of nitrogens with zero attached hydrogens (tertiary/aromatic N) is 1. The summed E-state index contributed by atoms with van der Waals surface area (Å²) in [6.07, 6.45) is 1.82. The van der Waals surface area contributed by atoms with Gasteiger partial charge in [-0.2, -0.15) is 0 Å². The molecule has 0 unspecified atom stereocenters. The molecule has 0 radical (unpaired) electrons. The second-order valence-electron chi connectivity index (χ2n) is 3.14. The Bertz CT molecular complexity index is 463. The Hall–Kier alpha value is -1.67. The Kier molecular flexibility index (Phi) is 3.10. The molecule has 0 heterocycles. The molecule has 0 saturated carbocycles. The van der Waals surface area contributed by atoms with Gasteiger partial charge in [-0.15, -0.1) is 4.90 Å². The number of rotatable bonds is 2. The van der Waals surface area contributed by atoms with E-state index in [-0.39, 0.29) is 0 Å². The molecule has 0 atom stereocenters. The molecule has 0 aliphatic carbocycles. The molecular weight excluding hydrogens is 202 g/mol. The lowest BCUT2D eigenvalue weighted by atomic mass is 10.2.